The summed E-state index contributed by atoms with van der Waals surface area (Å²) in [6.07, 6.45) is 0.847. The lowest BCUT2D eigenvalue weighted by Gasteiger charge is -2.06. The zero-order valence-corrected chi connectivity index (χ0v) is 14.4. The van der Waals surface area contributed by atoms with Crippen LogP contribution in [0.3, 0.4) is 0 Å². The number of halogens is 1. The van der Waals surface area contributed by atoms with Crippen molar-refractivity contribution in [2.45, 2.75) is 13.3 Å². The summed E-state index contributed by atoms with van der Waals surface area (Å²) >= 11 is 0. The second kappa shape index (κ2) is 11.9. The molecule has 20 heavy (non-hydrogen) atoms. The highest BCUT2D eigenvalue weighted by atomic mass is 127. The summed E-state index contributed by atoms with van der Waals surface area (Å²) in [5.41, 5.74) is 7.94. The zero-order chi connectivity index (χ0) is 13.9. The fourth-order valence-electron chi connectivity index (χ4n) is 1.52. The number of methoxy groups -OCH3 is 1. The van der Waals surface area contributed by atoms with Gasteiger partial charge >= 0.3 is 0 Å². The lowest BCUT2D eigenvalue weighted by molar-refractivity contribution is 0.0702. The van der Waals surface area contributed by atoms with Crippen LogP contribution in [0.5, 0.6) is 0 Å². The van der Waals surface area contributed by atoms with Crippen LogP contribution < -0.4 is 11.1 Å². The average molecular weight is 393 g/mol. The van der Waals surface area contributed by atoms with Crippen LogP contribution in [0.2, 0.25) is 0 Å². The van der Waals surface area contributed by atoms with Crippen LogP contribution in [0.1, 0.15) is 12.0 Å². The molecule has 0 aliphatic rings. The molecule has 0 aliphatic carbocycles. The molecule has 114 valence electrons. The molecule has 1 aromatic rings. The van der Waals surface area contributed by atoms with E-state index in [0.717, 1.165) is 12.1 Å². The second-order valence-corrected chi connectivity index (χ2v) is 4.22. The Labute approximate surface area is 138 Å². The number of anilines is 1. The molecular weight excluding hydrogens is 369 g/mol. The Kier molecular flexibility index (Phi) is 11.4. The molecule has 1 aromatic carbocycles. The fraction of sp³-hybridized carbons (Fsp3) is 0.500. The number of nitrogens with two attached hydrogens (primary N) is 1. The van der Waals surface area contributed by atoms with Crippen LogP contribution >= 0.6 is 24.0 Å². The van der Waals surface area contributed by atoms with Crippen LogP contribution in [0, 0.1) is 6.92 Å². The standard InChI is InChI=1S/C14H23N3O2.HI/c1-12-5-3-6-13(11-12)17-14(15)16-7-4-8-19-10-9-18-2;/h3,5-6,11H,4,7-10H2,1-2H3,(H3,15,16,17);1H. The quantitative estimate of drug-likeness (QED) is 0.308. The third-order valence-electron chi connectivity index (χ3n) is 2.45. The molecule has 6 heteroatoms. The number of benzene rings is 1. The minimum Gasteiger partial charge on any atom is -0.382 e. The van der Waals surface area contributed by atoms with Gasteiger partial charge in [-0.3, -0.25) is 4.99 Å². The van der Waals surface area contributed by atoms with Gasteiger partial charge in [-0.15, -0.1) is 24.0 Å². The summed E-state index contributed by atoms with van der Waals surface area (Å²) in [7, 11) is 1.66. The van der Waals surface area contributed by atoms with Crippen LogP contribution in [-0.2, 0) is 9.47 Å². The van der Waals surface area contributed by atoms with Gasteiger partial charge < -0.3 is 20.5 Å². The van der Waals surface area contributed by atoms with E-state index in [9.17, 15) is 0 Å². The number of rotatable bonds is 8. The largest absolute Gasteiger partial charge is 0.382 e. The molecule has 0 saturated carbocycles. The lowest BCUT2D eigenvalue weighted by atomic mass is 10.2. The van der Waals surface area contributed by atoms with Gasteiger partial charge in [0.05, 0.1) is 13.2 Å². The molecule has 0 aromatic heterocycles. The van der Waals surface area contributed by atoms with Gasteiger partial charge in [0.25, 0.3) is 0 Å². The van der Waals surface area contributed by atoms with Crippen molar-refractivity contribution in [1.29, 1.82) is 0 Å². The van der Waals surface area contributed by atoms with Crippen molar-refractivity contribution in [1.82, 2.24) is 0 Å². The molecule has 0 spiro atoms. The topological polar surface area (TPSA) is 68.9 Å². The van der Waals surface area contributed by atoms with E-state index >= 15 is 0 Å². The van der Waals surface area contributed by atoms with E-state index in [1.54, 1.807) is 7.11 Å². The molecule has 0 heterocycles. The summed E-state index contributed by atoms with van der Waals surface area (Å²) < 4.78 is 10.2. The molecular formula is C14H24IN3O2. The van der Waals surface area contributed by atoms with Gasteiger partial charge in [-0.05, 0) is 31.0 Å². The first-order chi connectivity index (χ1) is 9.22. The zero-order valence-electron chi connectivity index (χ0n) is 12.1. The predicted molar refractivity (Wildman–Crippen MR) is 94.0 cm³/mol. The first-order valence-corrected chi connectivity index (χ1v) is 6.42. The first kappa shape index (κ1) is 19.1. The van der Waals surface area contributed by atoms with Gasteiger partial charge in [0.15, 0.2) is 5.96 Å². The van der Waals surface area contributed by atoms with E-state index < -0.39 is 0 Å². The number of guanidine groups is 1. The smallest absolute Gasteiger partial charge is 0.193 e. The Morgan fingerprint density at radius 3 is 2.80 bits per heavy atom. The van der Waals surface area contributed by atoms with Crippen LogP contribution in [-0.4, -0.2) is 39.4 Å². The Morgan fingerprint density at radius 2 is 2.10 bits per heavy atom. The number of ether oxygens (including phenoxy) is 2. The van der Waals surface area contributed by atoms with Crippen molar-refractivity contribution >= 4 is 35.6 Å². The fourth-order valence-corrected chi connectivity index (χ4v) is 1.52. The summed E-state index contributed by atoms with van der Waals surface area (Å²) in [6.45, 7) is 4.61. The number of nitrogens with one attached hydrogen (secondary N) is 1. The van der Waals surface area contributed by atoms with Gasteiger partial charge in [-0.1, -0.05) is 12.1 Å². The Hall–Kier alpha value is -0.860. The van der Waals surface area contributed by atoms with E-state index in [-0.39, 0.29) is 24.0 Å². The number of hydrogen-bond donors (Lipinski definition) is 2. The van der Waals surface area contributed by atoms with E-state index in [2.05, 4.69) is 10.3 Å². The SMILES string of the molecule is COCCOCCCN=C(N)Nc1cccc(C)c1.I. The second-order valence-electron chi connectivity index (χ2n) is 4.22. The lowest BCUT2D eigenvalue weighted by Crippen LogP contribution is -2.23. The highest BCUT2D eigenvalue weighted by Gasteiger charge is 1.95. The molecule has 5 nitrogen and oxygen atoms in total. The Balaban J connectivity index is 0.00000361. The first-order valence-electron chi connectivity index (χ1n) is 6.42. The average Bonchev–Trinajstić information content (AvgIpc) is 2.37. The maximum atomic E-state index is 5.80. The van der Waals surface area contributed by atoms with Crippen molar-refractivity contribution in [3.8, 4) is 0 Å². The highest BCUT2D eigenvalue weighted by Crippen LogP contribution is 2.08. The molecule has 0 aliphatic heterocycles. The van der Waals surface area contributed by atoms with Crippen molar-refractivity contribution in [2.75, 3.05) is 38.8 Å². The molecule has 0 saturated heterocycles. The van der Waals surface area contributed by atoms with E-state index in [1.165, 1.54) is 5.56 Å². The van der Waals surface area contributed by atoms with E-state index in [1.807, 2.05) is 31.2 Å². The van der Waals surface area contributed by atoms with Crippen molar-refractivity contribution < 1.29 is 9.47 Å². The van der Waals surface area contributed by atoms with E-state index in [0.29, 0.717) is 32.3 Å². The number of aryl methyl sites for hydroxylation is 1. The highest BCUT2D eigenvalue weighted by molar-refractivity contribution is 14.0. The molecule has 0 bridgehead atoms. The number of aliphatic imine (C=N–C) groups is 1. The summed E-state index contributed by atoms with van der Waals surface area (Å²) in [4.78, 5) is 4.24. The minimum absolute atomic E-state index is 0. The monoisotopic (exact) mass is 393 g/mol. The third-order valence-corrected chi connectivity index (χ3v) is 2.45. The Bertz CT molecular complexity index is 400. The maximum absolute atomic E-state index is 5.80. The molecule has 0 radical (unpaired) electrons. The third kappa shape index (κ3) is 9.11. The number of nitrogens with zero attached hydrogens (tertiary/aromatic N) is 1. The maximum Gasteiger partial charge on any atom is 0.193 e. The normalized spacial score (nSPS) is 11.0. The van der Waals surface area contributed by atoms with Crippen molar-refractivity contribution in [3.63, 3.8) is 0 Å². The van der Waals surface area contributed by atoms with Crippen molar-refractivity contribution in [2.24, 2.45) is 10.7 Å². The molecule has 0 unspecified atom stereocenters. The van der Waals surface area contributed by atoms with Crippen LogP contribution in [0.4, 0.5) is 5.69 Å². The minimum atomic E-state index is 0. The van der Waals surface area contributed by atoms with Gasteiger partial charge in [0, 0.05) is 25.9 Å². The molecule has 0 amide bonds. The molecule has 0 fully saturated rings. The molecule has 3 N–H and O–H groups in total. The van der Waals surface area contributed by atoms with E-state index in [4.69, 9.17) is 15.2 Å². The van der Waals surface area contributed by atoms with Gasteiger partial charge in [-0.25, -0.2) is 0 Å². The van der Waals surface area contributed by atoms with Gasteiger partial charge in [0.2, 0.25) is 0 Å². The predicted octanol–water partition coefficient (Wildman–Crippen LogP) is 2.39. The van der Waals surface area contributed by atoms with Gasteiger partial charge in [0.1, 0.15) is 0 Å². The molecule has 0 atom stereocenters. The van der Waals surface area contributed by atoms with Crippen molar-refractivity contribution in [3.05, 3.63) is 29.8 Å². The van der Waals surface area contributed by atoms with Crippen LogP contribution in [0.15, 0.2) is 29.3 Å². The molecule has 1 rings (SSSR count). The summed E-state index contributed by atoms with van der Waals surface area (Å²) in [5.74, 6) is 0.433. The summed E-state index contributed by atoms with van der Waals surface area (Å²) in [5, 5.41) is 3.06. The van der Waals surface area contributed by atoms with Crippen LogP contribution in [0.25, 0.3) is 0 Å². The summed E-state index contributed by atoms with van der Waals surface area (Å²) in [6, 6.07) is 8.00. The number of hydrogen-bond acceptors (Lipinski definition) is 3. The Morgan fingerprint density at radius 1 is 1.30 bits per heavy atom. The van der Waals surface area contributed by atoms with Gasteiger partial charge in [-0.2, -0.15) is 0 Å².